The number of benzene rings is 2. The number of thioether (sulfide) groups is 1. The maximum atomic E-state index is 12.8. The first kappa shape index (κ1) is 23.6. The molecule has 2 aromatic carbocycles. The highest BCUT2D eigenvalue weighted by atomic mass is 35.5. The number of carbonyl (C=O) groups is 1. The summed E-state index contributed by atoms with van der Waals surface area (Å²) < 4.78 is 2.05. The molecule has 164 valence electrons. The lowest BCUT2D eigenvalue weighted by Gasteiger charge is -2.22. The summed E-state index contributed by atoms with van der Waals surface area (Å²) in [5, 5.41) is 14.0. The fraction of sp³-hybridized carbons (Fsp3) is 0.348. The lowest BCUT2D eigenvalue weighted by Crippen LogP contribution is -2.33. The molecule has 0 saturated carbocycles. The maximum absolute atomic E-state index is 12.8. The zero-order chi connectivity index (χ0) is 22.5. The van der Waals surface area contributed by atoms with E-state index in [2.05, 4.69) is 33.9 Å². The molecule has 0 fully saturated rings. The van der Waals surface area contributed by atoms with Crippen molar-refractivity contribution in [3.8, 4) is 0 Å². The van der Waals surface area contributed by atoms with Crippen LogP contribution in [0.5, 0.6) is 0 Å². The van der Waals surface area contributed by atoms with Gasteiger partial charge in [-0.25, -0.2) is 0 Å². The second-order valence-corrected chi connectivity index (χ2v) is 9.46. The lowest BCUT2D eigenvalue weighted by molar-refractivity contribution is 0.0922. The van der Waals surface area contributed by atoms with E-state index in [0.29, 0.717) is 27.9 Å². The smallest absolute Gasteiger partial charge is 0.251 e. The molecular formula is C23H26Cl2N4OS. The Morgan fingerprint density at radius 3 is 2.45 bits per heavy atom. The second-order valence-electron chi connectivity index (χ2n) is 7.67. The lowest BCUT2D eigenvalue weighted by atomic mass is 10.0. The minimum Gasteiger partial charge on any atom is -0.342 e. The van der Waals surface area contributed by atoms with Crippen molar-refractivity contribution in [1.29, 1.82) is 0 Å². The van der Waals surface area contributed by atoms with Gasteiger partial charge in [0.1, 0.15) is 0 Å². The highest BCUT2D eigenvalue weighted by molar-refractivity contribution is 7.98. The molecule has 0 spiro atoms. The second kappa shape index (κ2) is 10.5. The van der Waals surface area contributed by atoms with Crippen LogP contribution in [-0.4, -0.2) is 20.7 Å². The van der Waals surface area contributed by atoms with Crippen LogP contribution in [0.15, 0.2) is 47.6 Å². The molecule has 3 aromatic rings. The van der Waals surface area contributed by atoms with Crippen molar-refractivity contribution in [1.82, 2.24) is 20.1 Å². The van der Waals surface area contributed by atoms with Gasteiger partial charge in [0.25, 0.3) is 5.91 Å². The number of halogens is 2. The number of hydrogen-bond acceptors (Lipinski definition) is 4. The summed E-state index contributed by atoms with van der Waals surface area (Å²) >= 11 is 13.9. The van der Waals surface area contributed by atoms with Gasteiger partial charge in [-0.05, 0) is 49.6 Å². The van der Waals surface area contributed by atoms with Crippen molar-refractivity contribution in [3.05, 3.63) is 75.0 Å². The van der Waals surface area contributed by atoms with Crippen molar-refractivity contribution < 1.29 is 4.79 Å². The van der Waals surface area contributed by atoms with E-state index in [1.54, 1.807) is 17.8 Å². The first-order chi connectivity index (χ1) is 14.8. The largest absolute Gasteiger partial charge is 0.342 e. The monoisotopic (exact) mass is 476 g/mol. The Labute approximate surface area is 197 Å². The van der Waals surface area contributed by atoms with Gasteiger partial charge >= 0.3 is 0 Å². The van der Waals surface area contributed by atoms with Crippen LogP contribution in [0.4, 0.5) is 0 Å². The molecule has 1 atom stereocenters. The van der Waals surface area contributed by atoms with Crippen molar-refractivity contribution in [2.45, 2.75) is 51.2 Å². The molecule has 1 unspecified atom stereocenters. The summed E-state index contributed by atoms with van der Waals surface area (Å²) in [4.78, 5) is 12.8. The highest BCUT2D eigenvalue weighted by Crippen LogP contribution is 2.30. The quantitative estimate of drug-likeness (QED) is 0.385. The fourth-order valence-electron chi connectivity index (χ4n) is 3.17. The van der Waals surface area contributed by atoms with Crippen LogP contribution in [0, 0.1) is 12.8 Å². The molecule has 0 aliphatic rings. The van der Waals surface area contributed by atoms with Gasteiger partial charge in [-0.1, -0.05) is 72.6 Å². The predicted molar refractivity (Wildman–Crippen MR) is 128 cm³/mol. The number of rotatable bonds is 8. The standard InChI is InChI=1S/C23H26Cl2N4OS/c1-5-29-21(20(14(2)3)26-22(30)16-8-6-15(4)7-9-16)27-28-23(29)31-13-17-10-11-18(24)12-19(17)25/h6-12,14,20H,5,13H2,1-4H3,(H,26,30). The molecular weight excluding hydrogens is 451 g/mol. The SMILES string of the molecule is CCn1c(SCc2ccc(Cl)cc2Cl)nnc1C(NC(=O)c1ccc(C)cc1)C(C)C. The normalized spacial score (nSPS) is 12.2. The van der Waals surface area contributed by atoms with Gasteiger partial charge in [-0.2, -0.15) is 0 Å². The summed E-state index contributed by atoms with van der Waals surface area (Å²) in [5.74, 6) is 1.43. The molecule has 0 saturated heterocycles. The molecule has 31 heavy (non-hydrogen) atoms. The Bertz CT molecular complexity index is 1050. The van der Waals surface area contributed by atoms with E-state index < -0.39 is 0 Å². The molecule has 1 aromatic heterocycles. The molecule has 0 bridgehead atoms. The predicted octanol–water partition coefficient (Wildman–Crippen LogP) is 6.33. The molecule has 0 aliphatic carbocycles. The van der Waals surface area contributed by atoms with E-state index in [1.165, 1.54) is 0 Å². The summed E-state index contributed by atoms with van der Waals surface area (Å²) in [5.41, 5.74) is 2.73. The van der Waals surface area contributed by atoms with Gasteiger partial charge in [0, 0.05) is 27.9 Å². The third-order valence-electron chi connectivity index (χ3n) is 4.98. The Kier molecular flexibility index (Phi) is 8.03. The van der Waals surface area contributed by atoms with Gasteiger partial charge in [0.05, 0.1) is 6.04 Å². The summed E-state index contributed by atoms with van der Waals surface area (Å²) in [6, 6.07) is 12.8. The summed E-state index contributed by atoms with van der Waals surface area (Å²) in [6.07, 6.45) is 0. The molecule has 8 heteroatoms. The first-order valence-electron chi connectivity index (χ1n) is 10.2. The Morgan fingerprint density at radius 2 is 1.84 bits per heavy atom. The van der Waals surface area contributed by atoms with Gasteiger partial charge in [0.15, 0.2) is 11.0 Å². The third-order valence-corrected chi connectivity index (χ3v) is 6.58. The Balaban J connectivity index is 1.80. The van der Waals surface area contributed by atoms with Gasteiger partial charge in [-0.3, -0.25) is 4.79 Å². The molecule has 5 nitrogen and oxygen atoms in total. The van der Waals surface area contributed by atoms with Crippen LogP contribution in [0.3, 0.4) is 0 Å². The van der Waals surface area contributed by atoms with Crippen LogP contribution in [0.2, 0.25) is 10.0 Å². The molecule has 1 heterocycles. The highest BCUT2D eigenvalue weighted by Gasteiger charge is 2.26. The minimum atomic E-state index is -0.255. The summed E-state index contributed by atoms with van der Waals surface area (Å²) in [7, 11) is 0. The van der Waals surface area contributed by atoms with Gasteiger partial charge in [0.2, 0.25) is 0 Å². The average molecular weight is 477 g/mol. The van der Waals surface area contributed by atoms with Crippen LogP contribution >= 0.6 is 35.0 Å². The average Bonchev–Trinajstić information content (AvgIpc) is 3.14. The van der Waals surface area contributed by atoms with Crippen molar-refractivity contribution in [2.24, 2.45) is 5.92 Å². The molecule has 3 rings (SSSR count). The van der Waals surface area contributed by atoms with E-state index >= 15 is 0 Å². The van der Waals surface area contributed by atoms with E-state index in [0.717, 1.165) is 22.1 Å². The molecule has 1 N–H and O–H groups in total. The topological polar surface area (TPSA) is 59.8 Å². The number of nitrogens with zero attached hydrogens (tertiary/aromatic N) is 3. The zero-order valence-corrected chi connectivity index (χ0v) is 20.4. The van der Waals surface area contributed by atoms with Crippen molar-refractivity contribution in [2.75, 3.05) is 0 Å². The van der Waals surface area contributed by atoms with E-state index in [9.17, 15) is 4.79 Å². The first-order valence-corrected chi connectivity index (χ1v) is 11.9. The van der Waals surface area contributed by atoms with Gasteiger partial charge < -0.3 is 9.88 Å². The fourth-order valence-corrected chi connectivity index (χ4v) is 4.74. The third kappa shape index (κ3) is 5.82. The Hall–Kier alpha value is -2.02. The number of nitrogens with one attached hydrogen (secondary N) is 1. The summed E-state index contributed by atoms with van der Waals surface area (Å²) in [6.45, 7) is 8.87. The number of amides is 1. The molecule has 0 aliphatic heterocycles. The number of aryl methyl sites for hydroxylation is 1. The number of carbonyl (C=O) groups excluding carboxylic acids is 1. The minimum absolute atomic E-state index is 0.119. The molecule has 0 radical (unpaired) electrons. The van der Waals surface area contributed by atoms with Crippen LogP contribution in [0.25, 0.3) is 0 Å². The maximum Gasteiger partial charge on any atom is 0.251 e. The van der Waals surface area contributed by atoms with Crippen molar-refractivity contribution in [3.63, 3.8) is 0 Å². The van der Waals surface area contributed by atoms with Gasteiger partial charge in [-0.15, -0.1) is 10.2 Å². The number of aromatic nitrogens is 3. The van der Waals surface area contributed by atoms with Crippen LogP contribution in [0.1, 0.15) is 54.1 Å². The van der Waals surface area contributed by atoms with E-state index in [-0.39, 0.29) is 17.9 Å². The Morgan fingerprint density at radius 1 is 1.13 bits per heavy atom. The van der Waals surface area contributed by atoms with Crippen LogP contribution < -0.4 is 5.32 Å². The van der Waals surface area contributed by atoms with Crippen molar-refractivity contribution >= 4 is 40.9 Å². The van der Waals surface area contributed by atoms with E-state index in [4.69, 9.17) is 23.2 Å². The van der Waals surface area contributed by atoms with Crippen LogP contribution in [-0.2, 0) is 12.3 Å². The van der Waals surface area contributed by atoms with E-state index in [1.807, 2.05) is 50.2 Å². The molecule has 1 amide bonds. The zero-order valence-electron chi connectivity index (χ0n) is 18.0. The number of hydrogen-bond donors (Lipinski definition) is 1.